The second-order valence-electron chi connectivity index (χ2n) is 4.91. The Labute approximate surface area is 120 Å². The lowest BCUT2D eigenvalue weighted by molar-refractivity contribution is -0.137. The van der Waals surface area contributed by atoms with Gasteiger partial charge in [0, 0.05) is 6.20 Å². The number of benzene rings is 1. The Morgan fingerprint density at radius 3 is 2.33 bits per heavy atom. The minimum atomic E-state index is -4.43. The quantitative estimate of drug-likeness (QED) is 0.908. The van der Waals surface area contributed by atoms with Crippen LogP contribution < -0.4 is 5.32 Å². The largest absolute Gasteiger partial charge is 0.416 e. The lowest BCUT2D eigenvalue weighted by Crippen LogP contribution is -2.36. The van der Waals surface area contributed by atoms with Crippen LogP contribution in [0.25, 0.3) is 0 Å². The summed E-state index contributed by atoms with van der Waals surface area (Å²) in [6, 6.07) is 10.8. The number of anilines is 1. The summed E-state index contributed by atoms with van der Waals surface area (Å²) in [7, 11) is 0. The zero-order valence-electron chi connectivity index (χ0n) is 11.4. The molecule has 6 heteroatoms. The van der Waals surface area contributed by atoms with Crippen molar-refractivity contribution in [1.29, 1.82) is 0 Å². The molecule has 0 aliphatic heterocycles. The van der Waals surface area contributed by atoms with Crippen molar-refractivity contribution in [1.82, 2.24) is 4.98 Å². The third-order valence-electron chi connectivity index (χ3n) is 3.22. The molecule has 2 rings (SSSR count). The van der Waals surface area contributed by atoms with Gasteiger partial charge in [-0.2, -0.15) is 13.2 Å². The van der Waals surface area contributed by atoms with E-state index in [0.29, 0.717) is 0 Å². The molecule has 1 unspecified atom stereocenters. The van der Waals surface area contributed by atoms with Crippen molar-refractivity contribution in [3.63, 3.8) is 0 Å². The Balaban J connectivity index is 2.31. The average molecular weight is 296 g/mol. The van der Waals surface area contributed by atoms with E-state index >= 15 is 0 Å². The van der Waals surface area contributed by atoms with Crippen LogP contribution in [0.4, 0.5) is 19.0 Å². The summed E-state index contributed by atoms with van der Waals surface area (Å²) in [6.07, 6.45) is -3.34. The minimum absolute atomic E-state index is 0.0604. The van der Waals surface area contributed by atoms with Gasteiger partial charge in [-0.05, 0) is 24.6 Å². The average Bonchev–Trinajstić information content (AvgIpc) is 2.47. The highest BCUT2D eigenvalue weighted by Crippen LogP contribution is 2.31. The number of hydrogen-bond acceptors (Lipinski definition) is 3. The van der Waals surface area contributed by atoms with Crippen molar-refractivity contribution in [3.8, 4) is 0 Å². The predicted molar refractivity (Wildman–Crippen MR) is 73.7 cm³/mol. The fraction of sp³-hybridized carbons (Fsp3) is 0.267. The summed E-state index contributed by atoms with van der Waals surface area (Å²) in [5, 5.41) is 12.5. The van der Waals surface area contributed by atoms with Crippen molar-refractivity contribution in [2.75, 3.05) is 11.9 Å². The first kappa shape index (κ1) is 15.3. The lowest BCUT2D eigenvalue weighted by Gasteiger charge is -2.30. The van der Waals surface area contributed by atoms with Crippen LogP contribution in [0, 0.1) is 0 Å². The first-order chi connectivity index (χ1) is 9.85. The van der Waals surface area contributed by atoms with E-state index < -0.39 is 17.3 Å². The maximum Gasteiger partial charge on any atom is 0.416 e. The highest BCUT2D eigenvalue weighted by atomic mass is 19.4. The second kappa shape index (κ2) is 5.73. The normalized spacial score (nSPS) is 14.5. The molecule has 21 heavy (non-hydrogen) atoms. The Morgan fingerprint density at radius 2 is 1.76 bits per heavy atom. The number of nitrogens with one attached hydrogen (secondary N) is 1. The van der Waals surface area contributed by atoms with Crippen LogP contribution in [0.5, 0.6) is 0 Å². The van der Waals surface area contributed by atoms with Gasteiger partial charge in [0.25, 0.3) is 0 Å². The number of alkyl halides is 3. The molecule has 0 radical (unpaired) electrons. The fourth-order valence-electron chi connectivity index (χ4n) is 1.97. The number of nitrogens with zero attached hydrogens (tertiary/aromatic N) is 1. The third kappa shape index (κ3) is 3.52. The summed E-state index contributed by atoms with van der Waals surface area (Å²) in [5.74, 6) is 0.0604. The van der Waals surface area contributed by atoms with E-state index in [1.54, 1.807) is 31.2 Å². The number of pyridine rings is 1. The van der Waals surface area contributed by atoms with Crippen molar-refractivity contribution >= 4 is 5.82 Å². The van der Waals surface area contributed by atoms with Crippen LogP contribution in [0.3, 0.4) is 0 Å². The number of aliphatic hydroxyl groups excluding tert-OH is 1. The highest BCUT2D eigenvalue weighted by Gasteiger charge is 2.32. The molecule has 0 bridgehead atoms. The Bertz CT molecular complexity index is 601. The first-order valence-electron chi connectivity index (χ1n) is 6.33. The van der Waals surface area contributed by atoms with Gasteiger partial charge < -0.3 is 10.4 Å². The van der Waals surface area contributed by atoms with Gasteiger partial charge in [-0.1, -0.05) is 30.3 Å². The van der Waals surface area contributed by atoms with Crippen molar-refractivity contribution in [2.24, 2.45) is 0 Å². The fourth-order valence-corrected chi connectivity index (χ4v) is 1.97. The Kier molecular flexibility index (Phi) is 4.18. The molecule has 0 aliphatic carbocycles. The lowest BCUT2D eigenvalue weighted by atomic mass is 9.93. The number of aliphatic hydroxyl groups is 1. The van der Waals surface area contributed by atoms with E-state index in [2.05, 4.69) is 10.3 Å². The summed E-state index contributed by atoms with van der Waals surface area (Å²) >= 11 is 0. The summed E-state index contributed by atoms with van der Waals surface area (Å²) in [6.45, 7) is 1.42. The van der Waals surface area contributed by atoms with Gasteiger partial charge >= 0.3 is 6.18 Å². The van der Waals surface area contributed by atoms with E-state index in [-0.39, 0.29) is 12.4 Å². The number of aromatic nitrogens is 1. The van der Waals surface area contributed by atoms with E-state index in [1.165, 1.54) is 0 Å². The number of rotatable bonds is 4. The SMILES string of the molecule is CC(CO)(Nc1cc(C(F)(F)F)ccn1)c1ccccc1. The van der Waals surface area contributed by atoms with Crippen molar-refractivity contribution in [3.05, 3.63) is 59.8 Å². The van der Waals surface area contributed by atoms with Crippen LogP contribution in [0.2, 0.25) is 0 Å². The van der Waals surface area contributed by atoms with Crippen LogP contribution >= 0.6 is 0 Å². The molecule has 0 saturated heterocycles. The third-order valence-corrected chi connectivity index (χ3v) is 3.22. The molecule has 2 N–H and O–H groups in total. The van der Waals surface area contributed by atoms with Gasteiger partial charge in [0.1, 0.15) is 5.82 Å². The van der Waals surface area contributed by atoms with E-state index in [9.17, 15) is 18.3 Å². The van der Waals surface area contributed by atoms with E-state index in [0.717, 1.165) is 23.9 Å². The van der Waals surface area contributed by atoms with Crippen molar-refractivity contribution in [2.45, 2.75) is 18.6 Å². The zero-order valence-corrected chi connectivity index (χ0v) is 11.4. The molecule has 1 aromatic heterocycles. The molecule has 1 heterocycles. The topological polar surface area (TPSA) is 45.1 Å². The molecule has 112 valence electrons. The molecule has 0 aliphatic rings. The van der Waals surface area contributed by atoms with Gasteiger partial charge in [-0.3, -0.25) is 0 Å². The molecule has 0 fully saturated rings. The monoisotopic (exact) mass is 296 g/mol. The van der Waals surface area contributed by atoms with Gasteiger partial charge in [0.05, 0.1) is 17.7 Å². The van der Waals surface area contributed by atoms with Gasteiger partial charge in [-0.25, -0.2) is 4.98 Å². The molecule has 2 aromatic rings. The van der Waals surface area contributed by atoms with Crippen LogP contribution in [0.1, 0.15) is 18.1 Å². The Hall–Kier alpha value is -2.08. The molecule has 0 amide bonds. The number of hydrogen-bond donors (Lipinski definition) is 2. The second-order valence-corrected chi connectivity index (χ2v) is 4.91. The summed E-state index contributed by atoms with van der Waals surface area (Å²) in [4.78, 5) is 3.89. The van der Waals surface area contributed by atoms with Crippen LogP contribution in [-0.4, -0.2) is 16.7 Å². The molecular weight excluding hydrogens is 281 g/mol. The maximum absolute atomic E-state index is 12.7. The van der Waals surface area contributed by atoms with E-state index in [1.807, 2.05) is 6.07 Å². The van der Waals surface area contributed by atoms with Gasteiger partial charge in [0.2, 0.25) is 0 Å². The molecular formula is C15H15F3N2O. The predicted octanol–water partition coefficient (Wildman–Crippen LogP) is 3.42. The molecule has 1 aromatic carbocycles. The zero-order chi connectivity index (χ0) is 15.5. The molecule has 0 spiro atoms. The van der Waals surface area contributed by atoms with Crippen molar-refractivity contribution < 1.29 is 18.3 Å². The molecule has 0 saturated carbocycles. The standard InChI is InChI=1S/C15H15F3N2O/c1-14(10-21,11-5-3-2-4-6-11)20-13-9-12(7-8-19-13)15(16,17)18/h2-9,21H,10H2,1H3,(H,19,20). The summed E-state index contributed by atoms with van der Waals surface area (Å²) in [5.41, 5.74) is -0.946. The maximum atomic E-state index is 12.7. The van der Waals surface area contributed by atoms with E-state index in [4.69, 9.17) is 0 Å². The number of halogens is 3. The molecule has 1 atom stereocenters. The Morgan fingerprint density at radius 1 is 1.10 bits per heavy atom. The summed E-state index contributed by atoms with van der Waals surface area (Å²) < 4.78 is 38.1. The van der Waals surface area contributed by atoms with Crippen LogP contribution in [0.15, 0.2) is 48.7 Å². The van der Waals surface area contributed by atoms with Gasteiger partial charge in [-0.15, -0.1) is 0 Å². The smallest absolute Gasteiger partial charge is 0.394 e. The molecule has 3 nitrogen and oxygen atoms in total. The van der Waals surface area contributed by atoms with Gasteiger partial charge in [0.15, 0.2) is 0 Å². The highest BCUT2D eigenvalue weighted by molar-refractivity contribution is 5.44. The minimum Gasteiger partial charge on any atom is -0.394 e. The van der Waals surface area contributed by atoms with Crippen LogP contribution in [-0.2, 0) is 11.7 Å². The first-order valence-corrected chi connectivity index (χ1v) is 6.33.